The zero-order valence-corrected chi connectivity index (χ0v) is 14.1. The summed E-state index contributed by atoms with van der Waals surface area (Å²) in [5.41, 5.74) is 0.558. The van der Waals surface area contributed by atoms with Gasteiger partial charge in [-0.1, -0.05) is 0 Å². The van der Waals surface area contributed by atoms with Crippen LogP contribution in [0.15, 0.2) is 12.5 Å². The lowest BCUT2D eigenvalue weighted by Gasteiger charge is -2.27. The van der Waals surface area contributed by atoms with Crippen molar-refractivity contribution in [2.45, 2.75) is 58.2 Å². The molecule has 1 fully saturated rings. The van der Waals surface area contributed by atoms with Gasteiger partial charge in [-0.2, -0.15) is 11.8 Å². The summed E-state index contributed by atoms with van der Waals surface area (Å²) in [5.74, 6) is 2.38. The van der Waals surface area contributed by atoms with Gasteiger partial charge in [0.1, 0.15) is 5.60 Å². The van der Waals surface area contributed by atoms with Gasteiger partial charge in [-0.25, -0.2) is 9.78 Å². The van der Waals surface area contributed by atoms with Crippen molar-refractivity contribution in [3.8, 4) is 0 Å². The minimum atomic E-state index is -0.482. The standard InChI is InChI=1S/C15H25N3O2S/c1-11(17-14(19)20-15(2,3)4)13-9-16-10-18(13)12-5-7-21-8-6-12/h9-12H,5-8H2,1-4H3,(H,17,19)/t11-/m0/s1. The van der Waals surface area contributed by atoms with Crippen LogP contribution in [-0.4, -0.2) is 32.8 Å². The Hall–Kier alpha value is -1.17. The molecule has 6 heteroatoms. The molecule has 5 nitrogen and oxygen atoms in total. The number of hydrogen-bond donors (Lipinski definition) is 1. The van der Waals surface area contributed by atoms with Gasteiger partial charge in [0.2, 0.25) is 0 Å². The van der Waals surface area contributed by atoms with Crippen molar-refractivity contribution in [3.05, 3.63) is 18.2 Å². The van der Waals surface area contributed by atoms with Crippen LogP contribution in [0.2, 0.25) is 0 Å². The highest BCUT2D eigenvalue weighted by Crippen LogP contribution is 2.29. The van der Waals surface area contributed by atoms with Gasteiger partial charge in [0, 0.05) is 6.04 Å². The fourth-order valence-corrected chi connectivity index (χ4v) is 3.56. The Kier molecular flexibility index (Phi) is 5.19. The second-order valence-corrected chi connectivity index (χ2v) is 7.66. The first-order chi connectivity index (χ1) is 9.87. The van der Waals surface area contributed by atoms with E-state index in [1.807, 2.05) is 52.0 Å². The van der Waals surface area contributed by atoms with E-state index in [1.54, 1.807) is 0 Å². The fraction of sp³-hybridized carbons (Fsp3) is 0.733. The number of carbonyl (C=O) groups excluding carboxylic acids is 1. The summed E-state index contributed by atoms with van der Waals surface area (Å²) in [5, 5.41) is 2.89. The van der Waals surface area contributed by atoms with Gasteiger partial charge in [-0.05, 0) is 52.0 Å². The SMILES string of the molecule is C[C@H](NC(=O)OC(C)(C)C)c1cncn1C1CCSCC1. The molecule has 1 atom stereocenters. The monoisotopic (exact) mass is 311 g/mol. The summed E-state index contributed by atoms with van der Waals surface area (Å²) in [7, 11) is 0. The highest BCUT2D eigenvalue weighted by molar-refractivity contribution is 7.99. The first-order valence-electron chi connectivity index (χ1n) is 7.46. The van der Waals surface area contributed by atoms with E-state index in [9.17, 15) is 4.79 Å². The Bertz CT molecular complexity index is 476. The van der Waals surface area contributed by atoms with Gasteiger partial charge in [-0.15, -0.1) is 0 Å². The number of imidazole rings is 1. The van der Waals surface area contributed by atoms with Crippen LogP contribution in [0.5, 0.6) is 0 Å². The van der Waals surface area contributed by atoms with Crippen molar-refractivity contribution in [2.24, 2.45) is 0 Å². The lowest BCUT2D eigenvalue weighted by Crippen LogP contribution is -2.35. The quantitative estimate of drug-likeness (QED) is 0.927. The van der Waals surface area contributed by atoms with Crippen molar-refractivity contribution in [1.29, 1.82) is 0 Å². The molecule has 1 N–H and O–H groups in total. The third kappa shape index (κ3) is 4.66. The van der Waals surface area contributed by atoms with Crippen LogP contribution in [0, 0.1) is 0 Å². The van der Waals surface area contributed by atoms with E-state index >= 15 is 0 Å². The summed E-state index contributed by atoms with van der Waals surface area (Å²) in [6.45, 7) is 7.55. The van der Waals surface area contributed by atoms with E-state index in [0.29, 0.717) is 6.04 Å². The average molecular weight is 311 g/mol. The second kappa shape index (κ2) is 6.73. The molecule has 2 heterocycles. The van der Waals surface area contributed by atoms with Gasteiger partial charge in [-0.3, -0.25) is 0 Å². The number of nitrogens with one attached hydrogen (secondary N) is 1. The number of amides is 1. The molecule has 0 bridgehead atoms. The number of nitrogens with zero attached hydrogens (tertiary/aromatic N) is 2. The van der Waals surface area contributed by atoms with Crippen LogP contribution in [0.4, 0.5) is 4.79 Å². The fourth-order valence-electron chi connectivity index (χ4n) is 2.48. The third-order valence-electron chi connectivity index (χ3n) is 3.46. The maximum absolute atomic E-state index is 11.9. The van der Waals surface area contributed by atoms with Gasteiger partial charge in [0.25, 0.3) is 0 Å². The molecule has 0 saturated carbocycles. The largest absolute Gasteiger partial charge is 0.444 e. The van der Waals surface area contributed by atoms with Crippen LogP contribution in [-0.2, 0) is 4.74 Å². The number of carbonyl (C=O) groups is 1. The molecule has 1 saturated heterocycles. The molecule has 0 unspecified atom stereocenters. The van der Waals surface area contributed by atoms with E-state index in [0.717, 1.165) is 18.5 Å². The molecule has 118 valence electrons. The number of ether oxygens (including phenoxy) is 1. The number of hydrogen-bond acceptors (Lipinski definition) is 4. The average Bonchev–Trinajstić information content (AvgIpc) is 2.86. The summed E-state index contributed by atoms with van der Waals surface area (Å²) in [6, 6.07) is 0.378. The van der Waals surface area contributed by atoms with Crippen LogP contribution < -0.4 is 5.32 Å². The summed E-state index contributed by atoms with van der Waals surface area (Å²) >= 11 is 2.00. The van der Waals surface area contributed by atoms with Crippen LogP contribution in [0.3, 0.4) is 0 Å². The normalized spacial score (nSPS) is 18.3. The zero-order valence-electron chi connectivity index (χ0n) is 13.3. The molecule has 2 rings (SSSR count). The molecular formula is C15H25N3O2S. The van der Waals surface area contributed by atoms with E-state index in [1.165, 1.54) is 11.5 Å². The minimum Gasteiger partial charge on any atom is -0.444 e. The van der Waals surface area contributed by atoms with Crippen molar-refractivity contribution in [1.82, 2.24) is 14.9 Å². The molecular weight excluding hydrogens is 286 g/mol. The number of aromatic nitrogens is 2. The number of thioether (sulfide) groups is 1. The summed E-state index contributed by atoms with van der Waals surface area (Å²) < 4.78 is 7.52. The molecule has 1 aliphatic rings. The number of alkyl carbamates (subject to hydrolysis) is 1. The molecule has 0 spiro atoms. The Morgan fingerprint density at radius 1 is 1.48 bits per heavy atom. The molecule has 1 amide bonds. The second-order valence-electron chi connectivity index (χ2n) is 6.44. The molecule has 0 radical (unpaired) electrons. The zero-order chi connectivity index (χ0) is 15.5. The van der Waals surface area contributed by atoms with Gasteiger partial charge < -0.3 is 14.6 Å². The predicted molar refractivity (Wildman–Crippen MR) is 85.6 cm³/mol. The topological polar surface area (TPSA) is 56.1 Å². The molecule has 1 aromatic rings. The molecule has 0 aromatic carbocycles. The Balaban J connectivity index is 2.01. The van der Waals surface area contributed by atoms with Crippen LogP contribution in [0.25, 0.3) is 0 Å². The smallest absolute Gasteiger partial charge is 0.408 e. The molecule has 21 heavy (non-hydrogen) atoms. The van der Waals surface area contributed by atoms with Gasteiger partial charge in [0.15, 0.2) is 0 Å². The van der Waals surface area contributed by atoms with Gasteiger partial charge in [0.05, 0.1) is 24.3 Å². The van der Waals surface area contributed by atoms with Crippen molar-refractivity contribution in [2.75, 3.05) is 11.5 Å². The third-order valence-corrected chi connectivity index (χ3v) is 4.51. The van der Waals surface area contributed by atoms with E-state index in [4.69, 9.17) is 4.74 Å². The first-order valence-corrected chi connectivity index (χ1v) is 8.61. The molecule has 1 aromatic heterocycles. The maximum Gasteiger partial charge on any atom is 0.408 e. The van der Waals surface area contributed by atoms with Crippen molar-refractivity contribution in [3.63, 3.8) is 0 Å². The first kappa shape index (κ1) is 16.2. The molecule has 1 aliphatic heterocycles. The Morgan fingerprint density at radius 2 is 2.14 bits per heavy atom. The Labute approximate surface area is 130 Å². The van der Waals surface area contributed by atoms with Crippen LogP contribution in [0.1, 0.15) is 58.3 Å². The number of rotatable bonds is 3. The summed E-state index contributed by atoms with van der Waals surface area (Å²) in [6.07, 6.45) is 5.65. The minimum absolute atomic E-state index is 0.114. The maximum atomic E-state index is 11.9. The van der Waals surface area contributed by atoms with Gasteiger partial charge >= 0.3 is 6.09 Å². The highest BCUT2D eigenvalue weighted by Gasteiger charge is 2.23. The lowest BCUT2D eigenvalue weighted by molar-refractivity contribution is 0.0505. The molecule has 0 aliphatic carbocycles. The Morgan fingerprint density at radius 3 is 2.76 bits per heavy atom. The van der Waals surface area contributed by atoms with Crippen molar-refractivity contribution < 1.29 is 9.53 Å². The highest BCUT2D eigenvalue weighted by atomic mass is 32.2. The van der Waals surface area contributed by atoms with E-state index < -0.39 is 5.60 Å². The van der Waals surface area contributed by atoms with Crippen LogP contribution >= 0.6 is 11.8 Å². The van der Waals surface area contributed by atoms with Crippen molar-refractivity contribution >= 4 is 17.9 Å². The lowest BCUT2D eigenvalue weighted by atomic mass is 10.1. The summed E-state index contributed by atoms with van der Waals surface area (Å²) in [4.78, 5) is 16.1. The van der Waals surface area contributed by atoms with E-state index in [2.05, 4.69) is 14.9 Å². The predicted octanol–water partition coefficient (Wildman–Crippen LogP) is 3.54. The van der Waals surface area contributed by atoms with E-state index in [-0.39, 0.29) is 12.1 Å².